The highest BCUT2D eigenvalue weighted by Gasteiger charge is 2.24. The number of amides is 1. The quantitative estimate of drug-likeness (QED) is 0.726. The third-order valence-corrected chi connectivity index (χ3v) is 3.78. The van der Waals surface area contributed by atoms with Gasteiger partial charge in [0.05, 0.1) is 19.1 Å². The van der Waals surface area contributed by atoms with Crippen LogP contribution in [-0.2, 0) is 14.3 Å². The van der Waals surface area contributed by atoms with E-state index in [2.05, 4.69) is 0 Å². The maximum absolute atomic E-state index is 12.0. The highest BCUT2D eigenvalue weighted by Crippen LogP contribution is 2.26. The number of esters is 1. The Morgan fingerprint density at radius 2 is 2.00 bits per heavy atom. The molecule has 5 nitrogen and oxygen atoms in total. The predicted molar refractivity (Wildman–Crippen MR) is 78.0 cm³/mol. The van der Waals surface area contributed by atoms with Crippen molar-refractivity contribution >= 4 is 23.4 Å². The van der Waals surface area contributed by atoms with Crippen molar-refractivity contribution in [1.29, 1.82) is 0 Å². The third-order valence-electron chi connectivity index (χ3n) is 2.79. The molecule has 112 valence electrons. The summed E-state index contributed by atoms with van der Waals surface area (Å²) in [6.45, 7) is 4.69. The van der Waals surface area contributed by atoms with E-state index >= 15 is 0 Å². The van der Waals surface area contributed by atoms with Crippen molar-refractivity contribution < 1.29 is 19.1 Å². The second-order valence-corrected chi connectivity index (χ2v) is 5.21. The maximum atomic E-state index is 12.0. The van der Waals surface area contributed by atoms with Crippen molar-refractivity contribution in [1.82, 2.24) is 4.90 Å². The fourth-order valence-electron chi connectivity index (χ4n) is 1.76. The molecule has 0 saturated carbocycles. The van der Waals surface area contributed by atoms with Gasteiger partial charge in [0.2, 0.25) is 0 Å². The van der Waals surface area contributed by atoms with Gasteiger partial charge in [-0.3, -0.25) is 4.79 Å². The zero-order chi connectivity index (χ0) is 15.0. The SMILES string of the molecule is CCOC(=O)C(CCN(C)C(=O)OCC)c1cccs1. The Bertz CT molecular complexity index is 419. The average molecular weight is 299 g/mol. The molecule has 0 aliphatic heterocycles. The van der Waals surface area contributed by atoms with E-state index in [1.54, 1.807) is 20.9 Å². The number of carbonyl (C=O) groups excluding carboxylic acids is 2. The van der Waals surface area contributed by atoms with E-state index in [1.165, 1.54) is 16.2 Å². The summed E-state index contributed by atoms with van der Waals surface area (Å²) in [5, 5.41) is 1.93. The van der Waals surface area contributed by atoms with Gasteiger partial charge in [0.25, 0.3) is 0 Å². The molecule has 0 fully saturated rings. The Labute approximate surface area is 123 Å². The minimum Gasteiger partial charge on any atom is -0.465 e. The largest absolute Gasteiger partial charge is 0.465 e. The second kappa shape index (κ2) is 8.58. The molecule has 1 amide bonds. The van der Waals surface area contributed by atoms with Crippen LogP contribution < -0.4 is 0 Å². The first-order valence-electron chi connectivity index (χ1n) is 6.68. The van der Waals surface area contributed by atoms with Gasteiger partial charge < -0.3 is 14.4 Å². The molecular formula is C14H21NO4S. The Kier molecular flexibility index (Phi) is 7.08. The number of carbonyl (C=O) groups is 2. The smallest absolute Gasteiger partial charge is 0.409 e. The maximum Gasteiger partial charge on any atom is 0.409 e. The normalized spacial score (nSPS) is 11.8. The molecular weight excluding hydrogens is 278 g/mol. The summed E-state index contributed by atoms with van der Waals surface area (Å²) in [4.78, 5) is 26.0. The summed E-state index contributed by atoms with van der Waals surface area (Å²) in [7, 11) is 1.66. The lowest BCUT2D eigenvalue weighted by Crippen LogP contribution is -2.30. The van der Waals surface area contributed by atoms with Crippen LogP contribution in [0.1, 0.15) is 31.1 Å². The fourth-order valence-corrected chi connectivity index (χ4v) is 2.61. The van der Waals surface area contributed by atoms with Crippen molar-refractivity contribution in [2.75, 3.05) is 26.8 Å². The van der Waals surface area contributed by atoms with Crippen LogP contribution in [0.25, 0.3) is 0 Å². The molecule has 0 aliphatic carbocycles. The van der Waals surface area contributed by atoms with Crippen LogP contribution in [0.3, 0.4) is 0 Å². The van der Waals surface area contributed by atoms with Gasteiger partial charge >= 0.3 is 12.1 Å². The molecule has 1 atom stereocenters. The first-order valence-corrected chi connectivity index (χ1v) is 7.56. The van der Waals surface area contributed by atoms with Crippen LogP contribution >= 0.6 is 11.3 Å². The zero-order valence-corrected chi connectivity index (χ0v) is 12.9. The standard InChI is InChI=1S/C14H21NO4S/c1-4-18-13(16)11(12-7-6-10-20-12)8-9-15(3)14(17)19-5-2/h6-7,10-11H,4-5,8-9H2,1-3H3. The predicted octanol–water partition coefficient (Wildman–Crippen LogP) is 2.87. The van der Waals surface area contributed by atoms with Crippen LogP contribution in [-0.4, -0.2) is 43.8 Å². The summed E-state index contributed by atoms with van der Waals surface area (Å²) in [6.07, 6.45) is 0.149. The van der Waals surface area contributed by atoms with E-state index in [9.17, 15) is 9.59 Å². The lowest BCUT2D eigenvalue weighted by molar-refractivity contribution is -0.145. The Balaban J connectivity index is 2.62. The van der Waals surface area contributed by atoms with E-state index in [0.717, 1.165) is 4.88 Å². The molecule has 1 aromatic heterocycles. The lowest BCUT2D eigenvalue weighted by atomic mass is 10.0. The van der Waals surface area contributed by atoms with Crippen LogP contribution in [0.15, 0.2) is 17.5 Å². The lowest BCUT2D eigenvalue weighted by Gasteiger charge is -2.19. The van der Waals surface area contributed by atoms with Crippen LogP contribution in [0.2, 0.25) is 0 Å². The molecule has 0 N–H and O–H groups in total. The van der Waals surface area contributed by atoms with Gasteiger partial charge in [-0.25, -0.2) is 4.79 Å². The summed E-state index contributed by atoms with van der Waals surface area (Å²) >= 11 is 1.52. The third kappa shape index (κ3) is 4.85. The van der Waals surface area contributed by atoms with E-state index in [0.29, 0.717) is 26.2 Å². The van der Waals surface area contributed by atoms with Gasteiger partial charge in [-0.15, -0.1) is 11.3 Å². The summed E-state index contributed by atoms with van der Waals surface area (Å²) in [5.74, 6) is -0.570. The van der Waals surface area contributed by atoms with E-state index in [1.807, 2.05) is 17.5 Å². The molecule has 0 radical (unpaired) electrons. The topological polar surface area (TPSA) is 55.8 Å². The summed E-state index contributed by atoms with van der Waals surface area (Å²) in [6, 6.07) is 3.82. The Morgan fingerprint density at radius 1 is 1.30 bits per heavy atom. The molecule has 0 bridgehead atoms. The minimum atomic E-state index is -0.374. The minimum absolute atomic E-state index is 0.243. The van der Waals surface area contributed by atoms with Crippen molar-refractivity contribution in [3.05, 3.63) is 22.4 Å². The van der Waals surface area contributed by atoms with Crippen molar-refractivity contribution in [2.24, 2.45) is 0 Å². The first kappa shape index (κ1) is 16.5. The van der Waals surface area contributed by atoms with Gasteiger partial charge in [0, 0.05) is 18.5 Å². The summed E-state index contributed by atoms with van der Waals surface area (Å²) in [5.41, 5.74) is 0. The number of rotatable bonds is 7. The second-order valence-electron chi connectivity index (χ2n) is 4.23. The highest BCUT2D eigenvalue weighted by atomic mass is 32.1. The molecule has 6 heteroatoms. The van der Waals surface area contributed by atoms with Crippen molar-refractivity contribution in [2.45, 2.75) is 26.2 Å². The molecule has 1 rings (SSSR count). The number of ether oxygens (including phenoxy) is 2. The zero-order valence-electron chi connectivity index (χ0n) is 12.1. The van der Waals surface area contributed by atoms with Gasteiger partial charge in [0.1, 0.15) is 0 Å². The van der Waals surface area contributed by atoms with Gasteiger partial charge in [-0.1, -0.05) is 6.07 Å². The molecule has 0 aromatic carbocycles. The van der Waals surface area contributed by atoms with E-state index in [-0.39, 0.29) is 18.0 Å². The summed E-state index contributed by atoms with van der Waals surface area (Å²) < 4.78 is 10.0. The van der Waals surface area contributed by atoms with Crippen LogP contribution in [0.5, 0.6) is 0 Å². The number of nitrogens with zero attached hydrogens (tertiary/aromatic N) is 1. The van der Waals surface area contributed by atoms with Gasteiger partial charge in [0.15, 0.2) is 0 Å². The first-order chi connectivity index (χ1) is 9.60. The van der Waals surface area contributed by atoms with Crippen molar-refractivity contribution in [3.63, 3.8) is 0 Å². The monoisotopic (exact) mass is 299 g/mol. The molecule has 0 aliphatic rings. The van der Waals surface area contributed by atoms with Gasteiger partial charge in [-0.05, 0) is 31.7 Å². The molecule has 1 heterocycles. The fraction of sp³-hybridized carbons (Fsp3) is 0.571. The molecule has 0 spiro atoms. The van der Waals surface area contributed by atoms with Gasteiger partial charge in [-0.2, -0.15) is 0 Å². The number of hydrogen-bond acceptors (Lipinski definition) is 5. The molecule has 20 heavy (non-hydrogen) atoms. The number of hydrogen-bond donors (Lipinski definition) is 0. The van der Waals surface area contributed by atoms with Crippen molar-refractivity contribution in [3.8, 4) is 0 Å². The average Bonchev–Trinajstić information content (AvgIpc) is 2.93. The van der Waals surface area contributed by atoms with E-state index < -0.39 is 0 Å². The van der Waals surface area contributed by atoms with Crippen LogP contribution in [0, 0.1) is 0 Å². The Hall–Kier alpha value is -1.56. The molecule has 1 aromatic rings. The Morgan fingerprint density at radius 3 is 2.55 bits per heavy atom. The van der Waals surface area contributed by atoms with E-state index in [4.69, 9.17) is 9.47 Å². The van der Waals surface area contributed by atoms with Crippen LogP contribution in [0.4, 0.5) is 4.79 Å². The number of thiophene rings is 1. The molecule has 1 unspecified atom stereocenters. The highest BCUT2D eigenvalue weighted by molar-refractivity contribution is 7.10. The molecule has 0 saturated heterocycles.